The Labute approximate surface area is 208 Å². The lowest BCUT2D eigenvalue weighted by molar-refractivity contribution is -0.140. The molecule has 0 saturated heterocycles. The average molecular weight is 499 g/mol. The summed E-state index contributed by atoms with van der Waals surface area (Å²) in [5.41, 5.74) is 1.68. The van der Waals surface area contributed by atoms with Gasteiger partial charge in [-0.15, -0.1) is 0 Å². The van der Waals surface area contributed by atoms with E-state index in [1.807, 2.05) is 0 Å². The highest BCUT2D eigenvalue weighted by atomic mass is 19.2. The molecule has 1 atom stereocenters. The maximum Gasteiger partial charge on any atom is 0.314 e. The second-order valence-electron chi connectivity index (χ2n) is 9.12. The Morgan fingerprint density at radius 3 is 2.28 bits per heavy atom. The highest BCUT2D eigenvalue weighted by Crippen LogP contribution is 2.39. The van der Waals surface area contributed by atoms with Crippen molar-refractivity contribution in [1.82, 2.24) is 0 Å². The Kier molecular flexibility index (Phi) is 7.99. The quantitative estimate of drug-likeness (QED) is 0.279. The third kappa shape index (κ3) is 5.57. The first-order chi connectivity index (χ1) is 17.3. The summed E-state index contributed by atoms with van der Waals surface area (Å²) in [5.74, 6) is -3.25. The van der Waals surface area contributed by atoms with Gasteiger partial charge in [-0.25, -0.2) is 13.2 Å². The predicted molar refractivity (Wildman–Crippen MR) is 130 cm³/mol. The van der Waals surface area contributed by atoms with Gasteiger partial charge in [0.25, 0.3) is 0 Å². The summed E-state index contributed by atoms with van der Waals surface area (Å²) in [6.45, 7) is 3.71. The van der Waals surface area contributed by atoms with Crippen molar-refractivity contribution in [2.24, 2.45) is 5.92 Å². The number of benzene rings is 3. The second kappa shape index (κ2) is 11.2. The van der Waals surface area contributed by atoms with Crippen LogP contribution in [0.1, 0.15) is 62.7 Å². The van der Waals surface area contributed by atoms with Crippen molar-refractivity contribution in [3.63, 3.8) is 0 Å². The maximum atomic E-state index is 15.1. The Morgan fingerprint density at radius 1 is 0.972 bits per heavy atom. The molecule has 3 aromatic rings. The van der Waals surface area contributed by atoms with Gasteiger partial charge in [0.1, 0.15) is 5.75 Å². The molecule has 1 fully saturated rings. The molecule has 4 rings (SSSR count). The van der Waals surface area contributed by atoms with Crippen molar-refractivity contribution in [3.8, 4) is 22.6 Å². The number of ether oxygens (including phenoxy) is 2. The smallest absolute Gasteiger partial charge is 0.314 e. The fraction of sp³-hybridized carbons (Fsp3) is 0.345. The molecule has 0 aliphatic heterocycles. The normalized spacial score (nSPS) is 18.5. The van der Waals surface area contributed by atoms with E-state index in [9.17, 15) is 18.7 Å². The zero-order valence-corrected chi connectivity index (χ0v) is 20.3. The molecule has 7 heteroatoms. The number of aliphatic hydroxyl groups excluding tert-OH is 1. The van der Waals surface area contributed by atoms with Gasteiger partial charge in [0.2, 0.25) is 0 Å². The third-order valence-corrected chi connectivity index (χ3v) is 6.74. The Bertz CT molecular complexity index is 1220. The number of hydrogen-bond donors (Lipinski definition) is 1. The molecular formula is C29H29F3O4. The number of esters is 1. The van der Waals surface area contributed by atoms with Crippen molar-refractivity contribution < 1.29 is 32.5 Å². The van der Waals surface area contributed by atoms with Crippen LogP contribution in [0.5, 0.6) is 11.5 Å². The van der Waals surface area contributed by atoms with Gasteiger partial charge in [-0.1, -0.05) is 36.4 Å². The SMILES string of the molecule is CCOc1ccc(OC(=O)C2CCC(c3ccc(-c4ccc(C(C)O)cc4)c(F)c3F)CC2)cc1F. The van der Waals surface area contributed by atoms with E-state index < -0.39 is 35.4 Å². The summed E-state index contributed by atoms with van der Waals surface area (Å²) in [6.07, 6.45) is 1.31. The second-order valence-corrected chi connectivity index (χ2v) is 9.12. The summed E-state index contributed by atoms with van der Waals surface area (Å²) >= 11 is 0. The molecule has 0 spiro atoms. The first-order valence-electron chi connectivity index (χ1n) is 12.2. The van der Waals surface area contributed by atoms with Crippen LogP contribution in [0.4, 0.5) is 13.2 Å². The minimum Gasteiger partial charge on any atom is -0.491 e. The molecule has 1 N–H and O–H groups in total. The molecule has 1 aliphatic rings. The molecule has 36 heavy (non-hydrogen) atoms. The highest BCUT2D eigenvalue weighted by molar-refractivity contribution is 5.75. The number of rotatable bonds is 7. The topological polar surface area (TPSA) is 55.8 Å². The molecule has 190 valence electrons. The van der Waals surface area contributed by atoms with Crippen molar-refractivity contribution in [2.45, 2.75) is 51.6 Å². The molecule has 0 bridgehead atoms. The number of carbonyl (C=O) groups is 1. The lowest BCUT2D eigenvalue weighted by Crippen LogP contribution is -2.25. The number of hydrogen-bond acceptors (Lipinski definition) is 4. The molecule has 1 aliphatic carbocycles. The van der Waals surface area contributed by atoms with Gasteiger partial charge >= 0.3 is 5.97 Å². The lowest BCUT2D eigenvalue weighted by Gasteiger charge is -2.28. The third-order valence-electron chi connectivity index (χ3n) is 6.74. The standard InChI is InChI=1S/C29H29F3O4/c1-3-35-26-15-12-22(16-25(26)30)36-29(34)21-10-8-20(9-11-21)24-14-13-23(27(31)28(24)32)19-6-4-18(5-7-19)17(2)33/h4-7,12-17,20-21,33H,3,8-11H2,1-2H3. The first-order valence-corrected chi connectivity index (χ1v) is 12.2. The number of halogens is 3. The van der Waals surface area contributed by atoms with Crippen LogP contribution >= 0.6 is 0 Å². The molecule has 0 aromatic heterocycles. The van der Waals surface area contributed by atoms with E-state index in [0.29, 0.717) is 49.0 Å². The van der Waals surface area contributed by atoms with Gasteiger partial charge in [-0.2, -0.15) is 0 Å². The molecule has 0 radical (unpaired) electrons. The zero-order chi connectivity index (χ0) is 25.8. The lowest BCUT2D eigenvalue weighted by atomic mass is 9.78. The van der Waals surface area contributed by atoms with Gasteiger partial charge in [-0.05, 0) is 74.3 Å². The molecule has 0 heterocycles. The summed E-state index contributed by atoms with van der Waals surface area (Å²) in [7, 11) is 0. The largest absolute Gasteiger partial charge is 0.491 e. The molecular weight excluding hydrogens is 469 g/mol. The Morgan fingerprint density at radius 2 is 1.67 bits per heavy atom. The van der Waals surface area contributed by atoms with Gasteiger partial charge in [0, 0.05) is 11.6 Å². The van der Waals surface area contributed by atoms with Crippen LogP contribution in [0.3, 0.4) is 0 Å². The van der Waals surface area contributed by atoms with E-state index >= 15 is 4.39 Å². The average Bonchev–Trinajstić information content (AvgIpc) is 2.87. The van der Waals surface area contributed by atoms with E-state index in [1.54, 1.807) is 50.2 Å². The fourth-order valence-corrected chi connectivity index (χ4v) is 4.70. The van der Waals surface area contributed by atoms with E-state index in [0.717, 1.165) is 6.07 Å². The van der Waals surface area contributed by atoms with Gasteiger partial charge in [0.15, 0.2) is 23.2 Å². The van der Waals surface area contributed by atoms with E-state index in [1.165, 1.54) is 12.1 Å². The summed E-state index contributed by atoms with van der Waals surface area (Å²) in [5, 5.41) is 9.65. The highest BCUT2D eigenvalue weighted by Gasteiger charge is 2.31. The minimum atomic E-state index is -0.906. The predicted octanol–water partition coefficient (Wildman–Crippen LogP) is 7.10. The summed E-state index contributed by atoms with van der Waals surface area (Å²) in [6, 6.07) is 13.9. The maximum absolute atomic E-state index is 15.1. The summed E-state index contributed by atoms with van der Waals surface area (Å²) in [4.78, 5) is 12.6. The fourth-order valence-electron chi connectivity index (χ4n) is 4.70. The minimum absolute atomic E-state index is 0.0925. The van der Waals surface area contributed by atoms with Gasteiger partial charge in [-0.3, -0.25) is 4.79 Å². The van der Waals surface area contributed by atoms with Crippen LogP contribution < -0.4 is 9.47 Å². The van der Waals surface area contributed by atoms with E-state index in [4.69, 9.17) is 9.47 Å². The van der Waals surface area contributed by atoms with Crippen molar-refractivity contribution in [1.29, 1.82) is 0 Å². The van der Waals surface area contributed by atoms with Crippen LogP contribution in [0.2, 0.25) is 0 Å². The van der Waals surface area contributed by atoms with Crippen LogP contribution in [-0.4, -0.2) is 17.7 Å². The van der Waals surface area contributed by atoms with Crippen molar-refractivity contribution in [3.05, 3.63) is 83.2 Å². The molecule has 1 saturated carbocycles. The van der Waals surface area contributed by atoms with Crippen molar-refractivity contribution >= 4 is 5.97 Å². The van der Waals surface area contributed by atoms with Gasteiger partial charge < -0.3 is 14.6 Å². The molecule has 0 amide bonds. The number of carbonyl (C=O) groups excluding carboxylic acids is 1. The Balaban J connectivity index is 1.39. The van der Waals surface area contributed by atoms with Crippen LogP contribution in [0.25, 0.3) is 11.1 Å². The first kappa shape index (κ1) is 25.8. The van der Waals surface area contributed by atoms with Crippen molar-refractivity contribution in [2.75, 3.05) is 6.61 Å². The monoisotopic (exact) mass is 498 g/mol. The summed E-state index contributed by atoms with van der Waals surface area (Å²) < 4.78 is 54.6. The Hall–Kier alpha value is -3.32. The number of aliphatic hydroxyl groups is 1. The zero-order valence-electron chi connectivity index (χ0n) is 20.3. The van der Waals surface area contributed by atoms with Crippen LogP contribution in [-0.2, 0) is 4.79 Å². The molecule has 1 unspecified atom stereocenters. The van der Waals surface area contributed by atoms with Gasteiger partial charge in [0.05, 0.1) is 18.6 Å². The van der Waals surface area contributed by atoms with Crippen LogP contribution in [0, 0.1) is 23.4 Å². The van der Waals surface area contributed by atoms with E-state index in [-0.39, 0.29) is 23.0 Å². The molecule has 4 nitrogen and oxygen atoms in total. The van der Waals surface area contributed by atoms with E-state index in [2.05, 4.69) is 0 Å². The van der Waals surface area contributed by atoms with Crippen LogP contribution in [0.15, 0.2) is 54.6 Å². The molecule has 3 aromatic carbocycles.